The molecule has 0 aliphatic rings. The van der Waals surface area contributed by atoms with Gasteiger partial charge in [0.1, 0.15) is 12.1 Å². The summed E-state index contributed by atoms with van der Waals surface area (Å²) < 4.78 is 83.5. The van der Waals surface area contributed by atoms with Gasteiger partial charge >= 0.3 is 18.3 Å². The fourth-order valence-electron chi connectivity index (χ4n) is 2.53. The molecule has 3 rings (SSSR count). The van der Waals surface area contributed by atoms with Crippen LogP contribution in [0.1, 0.15) is 22.9 Å². The third kappa shape index (κ3) is 4.25. The molecule has 1 aromatic carbocycles. The van der Waals surface area contributed by atoms with E-state index in [4.69, 9.17) is 11.6 Å². The van der Waals surface area contributed by atoms with Gasteiger partial charge in [0, 0.05) is 16.7 Å². The van der Waals surface area contributed by atoms with E-state index in [2.05, 4.69) is 25.1 Å². The van der Waals surface area contributed by atoms with Crippen LogP contribution >= 0.6 is 11.6 Å². The first kappa shape index (κ1) is 21.6. The van der Waals surface area contributed by atoms with Gasteiger partial charge in [-0.3, -0.25) is 0 Å². The summed E-state index contributed by atoms with van der Waals surface area (Å²) in [5.74, 6) is -1.80. The third-order valence-electron chi connectivity index (χ3n) is 3.91. The van der Waals surface area contributed by atoms with Gasteiger partial charge in [0.2, 0.25) is 0 Å². The Hall–Kier alpha value is -3.09. The number of esters is 1. The summed E-state index contributed by atoms with van der Waals surface area (Å²) in [5, 5.41) is 5.74. The molecule has 0 radical (unpaired) electrons. The van der Waals surface area contributed by atoms with Gasteiger partial charge in [-0.05, 0) is 12.1 Å². The van der Waals surface area contributed by atoms with Crippen molar-refractivity contribution >= 4 is 29.2 Å². The molecule has 0 fully saturated rings. The second-order valence-electron chi connectivity index (χ2n) is 5.83. The number of halogens is 7. The van der Waals surface area contributed by atoms with Crippen molar-refractivity contribution in [3.8, 4) is 0 Å². The van der Waals surface area contributed by atoms with Gasteiger partial charge in [0.25, 0.3) is 5.78 Å². The zero-order chi connectivity index (χ0) is 22.3. The van der Waals surface area contributed by atoms with E-state index in [0.29, 0.717) is 18.2 Å². The minimum absolute atomic E-state index is 0.157. The van der Waals surface area contributed by atoms with E-state index in [1.54, 1.807) is 0 Å². The lowest BCUT2D eigenvalue weighted by molar-refractivity contribution is -0.141. The molecule has 14 heteroatoms. The van der Waals surface area contributed by atoms with Crippen LogP contribution in [0.5, 0.6) is 0 Å². The molecule has 0 bridgehead atoms. The Bertz CT molecular complexity index is 1100. The Morgan fingerprint density at radius 2 is 1.87 bits per heavy atom. The number of fused-ring (bicyclic) bond motifs is 1. The Morgan fingerprint density at radius 3 is 2.43 bits per heavy atom. The maximum atomic E-state index is 13.1. The monoisotopic (exact) mass is 453 g/mol. The average Bonchev–Trinajstić information content (AvgIpc) is 3.13. The van der Waals surface area contributed by atoms with E-state index < -0.39 is 46.4 Å². The first-order valence-corrected chi connectivity index (χ1v) is 8.28. The van der Waals surface area contributed by atoms with Crippen molar-refractivity contribution in [1.29, 1.82) is 0 Å². The predicted molar refractivity (Wildman–Crippen MR) is 90.6 cm³/mol. The van der Waals surface area contributed by atoms with Crippen LogP contribution in [0.2, 0.25) is 5.02 Å². The first-order chi connectivity index (χ1) is 13.9. The number of alkyl halides is 6. The van der Waals surface area contributed by atoms with Crippen LogP contribution in [-0.4, -0.2) is 32.7 Å². The topological polar surface area (TPSA) is 81.4 Å². The summed E-state index contributed by atoms with van der Waals surface area (Å²) >= 11 is 5.92. The van der Waals surface area contributed by atoms with Crippen LogP contribution in [0.15, 0.2) is 30.6 Å². The molecule has 3 aromatic rings. The number of ether oxygens (including phenoxy) is 1. The number of rotatable bonds is 4. The van der Waals surface area contributed by atoms with E-state index in [0.717, 1.165) is 24.0 Å². The summed E-state index contributed by atoms with van der Waals surface area (Å²) in [6, 6.07) is 1.20. The van der Waals surface area contributed by atoms with Gasteiger partial charge in [-0.1, -0.05) is 17.7 Å². The molecule has 30 heavy (non-hydrogen) atoms. The maximum absolute atomic E-state index is 13.1. The maximum Gasteiger partial charge on any atom is 0.433 e. The van der Waals surface area contributed by atoms with E-state index in [1.807, 2.05) is 0 Å². The van der Waals surface area contributed by atoms with Gasteiger partial charge in [-0.25, -0.2) is 9.78 Å². The fraction of sp³-hybridized carbons (Fsp3) is 0.250. The fourth-order valence-corrected chi connectivity index (χ4v) is 2.82. The van der Waals surface area contributed by atoms with E-state index in [-0.39, 0.29) is 11.4 Å². The average molecular weight is 454 g/mol. The van der Waals surface area contributed by atoms with Crippen LogP contribution in [0.3, 0.4) is 0 Å². The van der Waals surface area contributed by atoms with E-state index in [1.165, 1.54) is 0 Å². The van der Waals surface area contributed by atoms with Gasteiger partial charge in [0.15, 0.2) is 11.7 Å². The molecule has 160 valence electrons. The smallest absolute Gasteiger partial charge is 0.433 e. The molecule has 0 saturated heterocycles. The molecular formula is C16H10ClF6N5O2. The van der Waals surface area contributed by atoms with Crippen molar-refractivity contribution in [3.63, 3.8) is 0 Å². The molecular weight excluding hydrogens is 444 g/mol. The molecule has 2 aromatic heterocycles. The van der Waals surface area contributed by atoms with Gasteiger partial charge in [-0.2, -0.15) is 40.9 Å². The number of hydrogen-bond acceptors (Lipinski definition) is 6. The van der Waals surface area contributed by atoms with Crippen molar-refractivity contribution in [2.24, 2.45) is 0 Å². The second kappa shape index (κ2) is 7.63. The molecule has 1 unspecified atom stereocenters. The SMILES string of the molecule is COC(=O)C(Nc1cc(C(F)(F)F)nc2ncnn12)c1ccc(C(F)(F)F)cc1Cl. The van der Waals surface area contributed by atoms with Gasteiger partial charge in [-0.15, -0.1) is 0 Å². The molecule has 0 amide bonds. The van der Waals surface area contributed by atoms with Crippen LogP contribution in [0.25, 0.3) is 5.78 Å². The lowest BCUT2D eigenvalue weighted by atomic mass is 10.0. The number of methoxy groups -OCH3 is 1. The van der Waals surface area contributed by atoms with E-state index >= 15 is 0 Å². The highest BCUT2D eigenvalue weighted by Crippen LogP contribution is 2.36. The first-order valence-electron chi connectivity index (χ1n) is 7.91. The van der Waals surface area contributed by atoms with Crippen LogP contribution in [0, 0.1) is 0 Å². The predicted octanol–water partition coefficient (Wildman–Crippen LogP) is 4.14. The van der Waals surface area contributed by atoms with Crippen molar-refractivity contribution in [3.05, 3.63) is 52.4 Å². The number of nitrogens with one attached hydrogen (secondary N) is 1. The van der Waals surface area contributed by atoms with Crippen LogP contribution in [0.4, 0.5) is 32.2 Å². The molecule has 0 aliphatic carbocycles. The highest BCUT2D eigenvalue weighted by molar-refractivity contribution is 6.31. The summed E-state index contributed by atoms with van der Waals surface area (Å²) in [6.07, 6.45) is -8.58. The number of anilines is 1. The largest absolute Gasteiger partial charge is 0.467 e. The molecule has 0 saturated carbocycles. The van der Waals surface area contributed by atoms with Crippen molar-refractivity contribution < 1.29 is 35.9 Å². The van der Waals surface area contributed by atoms with Crippen molar-refractivity contribution in [2.75, 3.05) is 12.4 Å². The Balaban J connectivity index is 2.09. The quantitative estimate of drug-likeness (QED) is 0.472. The number of carbonyl (C=O) groups excluding carboxylic acids is 1. The normalized spacial score (nSPS) is 13.3. The third-order valence-corrected chi connectivity index (χ3v) is 4.24. The molecule has 1 N–H and O–H groups in total. The van der Waals surface area contributed by atoms with E-state index in [9.17, 15) is 31.1 Å². The minimum atomic E-state index is -4.84. The molecule has 0 spiro atoms. The number of nitrogens with zero attached hydrogens (tertiary/aromatic N) is 4. The molecule has 0 aliphatic heterocycles. The zero-order valence-corrected chi connectivity index (χ0v) is 15.5. The second-order valence-corrected chi connectivity index (χ2v) is 6.24. The van der Waals surface area contributed by atoms with Crippen molar-refractivity contribution in [1.82, 2.24) is 19.6 Å². The van der Waals surface area contributed by atoms with Crippen LogP contribution in [-0.2, 0) is 21.9 Å². The number of carbonyl (C=O) groups is 1. The Kier molecular flexibility index (Phi) is 5.50. The van der Waals surface area contributed by atoms with Gasteiger partial charge in [0.05, 0.1) is 12.7 Å². The number of aromatic nitrogens is 4. The highest BCUT2D eigenvalue weighted by atomic mass is 35.5. The minimum Gasteiger partial charge on any atom is -0.467 e. The Morgan fingerprint density at radius 1 is 1.17 bits per heavy atom. The Labute approximate surface area is 168 Å². The molecule has 7 nitrogen and oxygen atoms in total. The summed E-state index contributed by atoms with van der Waals surface area (Å²) in [7, 11) is 0.994. The lowest BCUT2D eigenvalue weighted by Gasteiger charge is -2.21. The summed E-state index contributed by atoms with van der Waals surface area (Å²) in [4.78, 5) is 19.2. The number of hydrogen-bond donors (Lipinski definition) is 1. The standard InChI is InChI=1S/C16H10ClF6N5O2/c1-30-13(29)12(8-3-2-7(4-9(8)17)15(18,19)20)27-11-5-10(16(21,22)23)26-14-24-6-25-28(11)14/h2-6,12,27H,1H3. The highest BCUT2D eigenvalue weighted by Gasteiger charge is 2.36. The summed E-state index contributed by atoms with van der Waals surface area (Å²) in [5.41, 5.74) is -2.55. The molecule has 1 atom stereocenters. The molecule has 2 heterocycles. The number of benzene rings is 1. The van der Waals surface area contributed by atoms with Gasteiger partial charge < -0.3 is 10.1 Å². The zero-order valence-electron chi connectivity index (χ0n) is 14.7. The summed E-state index contributed by atoms with van der Waals surface area (Å²) in [6.45, 7) is 0. The van der Waals surface area contributed by atoms with Crippen molar-refractivity contribution in [2.45, 2.75) is 18.4 Å². The lowest BCUT2D eigenvalue weighted by Crippen LogP contribution is -2.25. The van der Waals surface area contributed by atoms with Crippen LogP contribution < -0.4 is 5.32 Å².